The summed E-state index contributed by atoms with van der Waals surface area (Å²) in [4.78, 5) is 5.11. The smallest absolute Gasteiger partial charge is 0.231 e. The number of sulfone groups is 1. The van der Waals surface area contributed by atoms with Gasteiger partial charge in [-0.05, 0) is 25.5 Å². The van der Waals surface area contributed by atoms with E-state index in [0.717, 1.165) is 0 Å². The molecule has 0 fully saturated rings. The quantitative estimate of drug-likeness (QED) is 0.832. The Balaban J connectivity index is 1.87. The molecular weight excluding hydrogens is 318 g/mol. The number of halogens is 1. The Labute approximate surface area is 127 Å². The van der Waals surface area contributed by atoms with E-state index in [0.29, 0.717) is 22.1 Å². The van der Waals surface area contributed by atoms with Gasteiger partial charge in [-0.25, -0.2) is 8.42 Å². The maximum absolute atomic E-state index is 12.4. The third kappa shape index (κ3) is 2.80. The molecule has 0 saturated carbocycles. The molecular formula is C13H14ClNO5S. The van der Waals surface area contributed by atoms with E-state index in [4.69, 9.17) is 25.9 Å². The van der Waals surface area contributed by atoms with Gasteiger partial charge in [-0.1, -0.05) is 16.8 Å². The Bertz CT molecular complexity index is 726. The molecule has 2 heterocycles. The van der Waals surface area contributed by atoms with Crippen molar-refractivity contribution in [2.45, 2.75) is 31.6 Å². The molecule has 1 aromatic rings. The van der Waals surface area contributed by atoms with Crippen LogP contribution in [-0.4, -0.2) is 25.9 Å². The summed E-state index contributed by atoms with van der Waals surface area (Å²) < 4.78 is 35.2. The van der Waals surface area contributed by atoms with Crippen LogP contribution >= 0.6 is 11.6 Å². The minimum Gasteiger partial charge on any atom is -0.454 e. The predicted molar refractivity (Wildman–Crippen MR) is 77.4 cm³/mol. The average Bonchev–Trinajstić information content (AvgIpc) is 2.95. The summed E-state index contributed by atoms with van der Waals surface area (Å²) >= 11 is 6.11. The Morgan fingerprint density at radius 2 is 1.95 bits per heavy atom. The molecule has 0 spiro atoms. The van der Waals surface area contributed by atoms with Gasteiger partial charge < -0.3 is 14.3 Å². The van der Waals surface area contributed by atoms with Crippen molar-refractivity contribution in [3.8, 4) is 11.5 Å². The number of hydrogen-bond acceptors (Lipinski definition) is 6. The molecule has 0 aromatic heterocycles. The van der Waals surface area contributed by atoms with Gasteiger partial charge in [-0.3, -0.25) is 0 Å². The molecule has 0 saturated heterocycles. The summed E-state index contributed by atoms with van der Waals surface area (Å²) in [6.45, 7) is 3.68. The highest BCUT2D eigenvalue weighted by Crippen LogP contribution is 2.38. The third-order valence-electron chi connectivity index (χ3n) is 3.22. The minimum atomic E-state index is -3.58. The van der Waals surface area contributed by atoms with Crippen LogP contribution in [0.3, 0.4) is 0 Å². The van der Waals surface area contributed by atoms with Crippen LogP contribution in [0.4, 0.5) is 0 Å². The van der Waals surface area contributed by atoms with E-state index in [1.807, 2.05) is 0 Å². The zero-order valence-corrected chi connectivity index (χ0v) is 13.1. The number of rotatable bonds is 2. The Morgan fingerprint density at radius 1 is 1.29 bits per heavy atom. The average molecular weight is 332 g/mol. The van der Waals surface area contributed by atoms with E-state index >= 15 is 0 Å². The second-order valence-electron chi connectivity index (χ2n) is 5.57. The first kappa shape index (κ1) is 14.5. The highest BCUT2D eigenvalue weighted by molar-refractivity contribution is 8.05. The maximum Gasteiger partial charge on any atom is 0.231 e. The van der Waals surface area contributed by atoms with Crippen molar-refractivity contribution in [3.63, 3.8) is 0 Å². The van der Waals surface area contributed by atoms with Crippen molar-refractivity contribution in [1.82, 2.24) is 0 Å². The van der Waals surface area contributed by atoms with Gasteiger partial charge in [0.2, 0.25) is 6.79 Å². The van der Waals surface area contributed by atoms with Crippen molar-refractivity contribution < 1.29 is 22.7 Å². The zero-order chi connectivity index (χ0) is 15.3. The number of fused-ring (bicyclic) bond motifs is 1. The van der Waals surface area contributed by atoms with Gasteiger partial charge in [-0.2, -0.15) is 0 Å². The summed E-state index contributed by atoms with van der Waals surface area (Å²) in [5.74, 6) is 0.763. The lowest BCUT2D eigenvalue weighted by Crippen LogP contribution is -2.23. The van der Waals surface area contributed by atoms with Gasteiger partial charge in [0.25, 0.3) is 0 Å². The summed E-state index contributed by atoms with van der Waals surface area (Å²) in [6, 6.07) is 3.15. The van der Waals surface area contributed by atoms with Crippen molar-refractivity contribution in [1.29, 1.82) is 0 Å². The summed E-state index contributed by atoms with van der Waals surface area (Å²) in [5.41, 5.74) is -0.144. The first-order valence-corrected chi connectivity index (χ1v) is 8.36. The van der Waals surface area contributed by atoms with Crippen molar-refractivity contribution >= 4 is 26.5 Å². The fourth-order valence-corrected chi connectivity index (χ4v) is 3.96. The molecule has 0 unspecified atom stereocenters. The normalized spacial score (nSPS) is 19.3. The van der Waals surface area contributed by atoms with Crippen molar-refractivity contribution in [2.75, 3.05) is 6.79 Å². The second kappa shape index (κ2) is 4.78. The van der Waals surface area contributed by atoms with Crippen LogP contribution in [0.5, 0.6) is 11.5 Å². The lowest BCUT2D eigenvalue weighted by molar-refractivity contribution is 0.0123. The first-order valence-electron chi connectivity index (χ1n) is 6.33. The molecule has 0 amide bonds. The van der Waals surface area contributed by atoms with E-state index in [-0.39, 0.29) is 24.0 Å². The fourth-order valence-electron chi connectivity index (χ4n) is 2.13. The Morgan fingerprint density at radius 3 is 2.57 bits per heavy atom. The highest BCUT2D eigenvalue weighted by atomic mass is 35.5. The van der Waals surface area contributed by atoms with Gasteiger partial charge in [0.15, 0.2) is 26.4 Å². The number of oxime groups is 1. The number of nitrogens with zero attached hydrogens (tertiary/aromatic N) is 1. The fraction of sp³-hybridized carbons (Fsp3) is 0.462. The molecule has 6 nitrogen and oxygen atoms in total. The third-order valence-corrected chi connectivity index (χ3v) is 5.20. The molecule has 2 aliphatic rings. The number of hydrogen-bond donors (Lipinski definition) is 0. The molecule has 114 valence electrons. The number of ether oxygens (including phenoxy) is 2. The van der Waals surface area contributed by atoms with Crippen molar-refractivity contribution in [3.05, 3.63) is 22.7 Å². The molecule has 21 heavy (non-hydrogen) atoms. The summed E-state index contributed by atoms with van der Waals surface area (Å²) in [6.07, 6.45) is 0.248. The van der Waals surface area contributed by atoms with Crippen LogP contribution in [-0.2, 0) is 20.4 Å². The first-order chi connectivity index (χ1) is 9.77. The minimum absolute atomic E-state index is 0.0428. The molecule has 0 N–H and O–H groups in total. The van der Waals surface area contributed by atoms with E-state index in [1.165, 1.54) is 0 Å². The van der Waals surface area contributed by atoms with Crippen LogP contribution < -0.4 is 9.47 Å². The van der Waals surface area contributed by atoms with E-state index < -0.39 is 15.4 Å². The lowest BCUT2D eigenvalue weighted by Gasteiger charge is -2.13. The van der Waals surface area contributed by atoms with Gasteiger partial charge in [-0.15, -0.1) is 0 Å². The highest BCUT2D eigenvalue weighted by Gasteiger charge is 2.36. The van der Waals surface area contributed by atoms with Crippen LogP contribution in [0.25, 0.3) is 0 Å². The van der Waals surface area contributed by atoms with Crippen LogP contribution in [0.15, 0.2) is 17.3 Å². The molecule has 1 aromatic carbocycles. The summed E-state index contributed by atoms with van der Waals surface area (Å²) in [5, 5.41) is 4.05. The molecule has 0 radical (unpaired) electrons. The standard InChI is InChI=1S/C13H14ClNO5S/c1-13(2)5-12(15-20-13)21(16,17)6-8-3-10-11(4-9(8)14)19-7-18-10/h3-4H,5-7H2,1-2H3. The van der Waals surface area contributed by atoms with E-state index in [9.17, 15) is 8.42 Å². The van der Waals surface area contributed by atoms with Crippen LogP contribution in [0.1, 0.15) is 25.8 Å². The molecule has 0 atom stereocenters. The van der Waals surface area contributed by atoms with Gasteiger partial charge in [0, 0.05) is 17.5 Å². The molecule has 2 aliphatic heterocycles. The molecule has 0 aliphatic carbocycles. The number of benzene rings is 1. The molecule has 3 rings (SSSR count). The zero-order valence-electron chi connectivity index (χ0n) is 11.6. The van der Waals surface area contributed by atoms with Gasteiger partial charge >= 0.3 is 0 Å². The Hall–Kier alpha value is -1.47. The lowest BCUT2D eigenvalue weighted by atomic mass is 10.1. The van der Waals surface area contributed by atoms with Gasteiger partial charge in [0.1, 0.15) is 5.60 Å². The maximum atomic E-state index is 12.4. The molecule has 8 heteroatoms. The van der Waals surface area contributed by atoms with Crippen molar-refractivity contribution in [2.24, 2.45) is 5.16 Å². The van der Waals surface area contributed by atoms with E-state index in [2.05, 4.69) is 5.16 Å². The largest absolute Gasteiger partial charge is 0.454 e. The molecule has 0 bridgehead atoms. The topological polar surface area (TPSA) is 74.2 Å². The van der Waals surface area contributed by atoms with Gasteiger partial charge in [0.05, 0.1) is 5.75 Å². The summed E-state index contributed by atoms with van der Waals surface area (Å²) in [7, 11) is -3.58. The van der Waals surface area contributed by atoms with E-state index in [1.54, 1.807) is 26.0 Å². The van der Waals surface area contributed by atoms with Crippen LogP contribution in [0.2, 0.25) is 5.02 Å². The van der Waals surface area contributed by atoms with Crippen LogP contribution in [0, 0.1) is 0 Å². The predicted octanol–water partition coefficient (Wildman–Crippen LogP) is 2.50. The SMILES string of the molecule is CC1(C)CC(S(=O)(=O)Cc2cc3c(cc2Cl)OCO3)=NO1. The monoisotopic (exact) mass is 331 g/mol. The second-order valence-corrected chi connectivity index (χ2v) is 7.97. The Kier molecular flexibility index (Phi) is 3.29.